The lowest BCUT2D eigenvalue weighted by atomic mass is 9.94. The average molecular weight is 348 g/mol. The Morgan fingerprint density at radius 3 is 2.27 bits per heavy atom. The Morgan fingerprint density at radius 1 is 1.08 bits per heavy atom. The molecule has 4 nitrogen and oxygen atoms in total. The maximum Gasteiger partial charge on any atom is 0.235 e. The Hall–Kier alpha value is -2.62. The van der Waals surface area contributed by atoms with Crippen LogP contribution in [0.1, 0.15) is 43.7 Å². The Bertz CT molecular complexity index is 835. The molecule has 1 unspecified atom stereocenters. The quantitative estimate of drug-likeness (QED) is 0.901. The zero-order chi connectivity index (χ0) is 18.3. The van der Waals surface area contributed by atoms with E-state index in [2.05, 4.69) is 43.4 Å². The molecule has 1 N–H and O–H groups in total. The number of hydrogen-bond donors (Lipinski definition) is 1. The second kappa shape index (κ2) is 6.27. The van der Waals surface area contributed by atoms with Crippen LogP contribution in [-0.4, -0.2) is 17.9 Å². The Balaban J connectivity index is 1.48. The van der Waals surface area contributed by atoms with Crippen LogP contribution in [0.4, 0.5) is 11.4 Å². The molecule has 0 spiro atoms. The molecule has 2 aromatic rings. The molecule has 0 aromatic heterocycles. The summed E-state index contributed by atoms with van der Waals surface area (Å²) in [6.07, 6.45) is 3.29. The molecule has 1 aliphatic carbocycles. The van der Waals surface area contributed by atoms with Gasteiger partial charge in [0.05, 0.1) is 5.41 Å². The summed E-state index contributed by atoms with van der Waals surface area (Å²) in [6, 6.07) is 16.1. The zero-order valence-electron chi connectivity index (χ0n) is 15.3. The molecule has 0 radical (unpaired) electrons. The maximum atomic E-state index is 12.9. The highest BCUT2D eigenvalue weighted by Crippen LogP contribution is 2.49. The summed E-state index contributed by atoms with van der Waals surface area (Å²) in [4.78, 5) is 26.7. The number of hydrogen-bond acceptors (Lipinski definition) is 2. The largest absolute Gasteiger partial charge is 0.325 e. The van der Waals surface area contributed by atoms with Crippen molar-refractivity contribution >= 4 is 23.2 Å². The van der Waals surface area contributed by atoms with E-state index in [0.717, 1.165) is 36.2 Å². The van der Waals surface area contributed by atoms with Gasteiger partial charge in [-0.25, -0.2) is 0 Å². The average Bonchev–Trinajstić information content (AvgIpc) is 3.38. The van der Waals surface area contributed by atoms with E-state index in [9.17, 15) is 9.59 Å². The molecule has 2 aliphatic rings. The van der Waals surface area contributed by atoms with E-state index in [1.54, 1.807) is 0 Å². The van der Waals surface area contributed by atoms with Crippen LogP contribution in [0.2, 0.25) is 0 Å². The fourth-order valence-corrected chi connectivity index (χ4v) is 3.83. The molecular formula is C22H24N2O2. The Morgan fingerprint density at radius 2 is 1.73 bits per heavy atom. The number of benzene rings is 2. The standard InChI is InChI=1S/C22H24N2O2/c1-15-3-6-17(7-4-15)22(13-14-22)21(26)23-18-8-10-19(11-9-18)24-16(2)5-12-20(24)25/h3-4,6-11,16H,5,12-14H2,1-2H3,(H,23,26). The predicted octanol–water partition coefficient (Wildman–Crippen LogP) is 4.18. The van der Waals surface area contributed by atoms with Gasteiger partial charge in [-0.2, -0.15) is 0 Å². The van der Waals surface area contributed by atoms with Crippen LogP contribution in [-0.2, 0) is 15.0 Å². The van der Waals surface area contributed by atoms with Crippen molar-refractivity contribution in [2.75, 3.05) is 10.2 Å². The van der Waals surface area contributed by atoms with Crippen LogP contribution in [0.15, 0.2) is 48.5 Å². The second-order valence-corrected chi connectivity index (χ2v) is 7.60. The van der Waals surface area contributed by atoms with Crippen LogP contribution >= 0.6 is 0 Å². The number of nitrogens with one attached hydrogen (secondary N) is 1. The first kappa shape index (κ1) is 16.8. The number of anilines is 2. The zero-order valence-corrected chi connectivity index (χ0v) is 15.3. The molecule has 0 bridgehead atoms. The smallest absolute Gasteiger partial charge is 0.235 e. The van der Waals surface area contributed by atoms with Gasteiger partial charge in [0.1, 0.15) is 0 Å². The number of rotatable bonds is 4. The van der Waals surface area contributed by atoms with E-state index >= 15 is 0 Å². The van der Waals surface area contributed by atoms with Crippen molar-refractivity contribution in [2.45, 2.75) is 51.0 Å². The summed E-state index contributed by atoms with van der Waals surface area (Å²) in [5.74, 6) is 0.227. The van der Waals surface area contributed by atoms with Gasteiger partial charge in [-0.05, 0) is 62.9 Å². The van der Waals surface area contributed by atoms with E-state index in [0.29, 0.717) is 6.42 Å². The number of aryl methyl sites for hydroxylation is 1. The van der Waals surface area contributed by atoms with Gasteiger partial charge < -0.3 is 10.2 Å². The number of amides is 2. The molecule has 1 heterocycles. The SMILES string of the molecule is Cc1ccc(C2(C(=O)Nc3ccc(N4C(=O)CCC4C)cc3)CC2)cc1. The van der Waals surface area contributed by atoms with Crippen molar-refractivity contribution < 1.29 is 9.59 Å². The lowest BCUT2D eigenvalue weighted by molar-refractivity contribution is -0.118. The highest BCUT2D eigenvalue weighted by atomic mass is 16.2. The third-order valence-corrected chi connectivity index (χ3v) is 5.68. The van der Waals surface area contributed by atoms with Gasteiger partial charge in [0.25, 0.3) is 0 Å². The summed E-state index contributed by atoms with van der Waals surface area (Å²) >= 11 is 0. The van der Waals surface area contributed by atoms with E-state index in [4.69, 9.17) is 0 Å². The molecule has 2 amide bonds. The number of carbonyl (C=O) groups is 2. The van der Waals surface area contributed by atoms with Crippen molar-refractivity contribution in [3.05, 3.63) is 59.7 Å². The highest BCUT2D eigenvalue weighted by molar-refractivity contribution is 6.02. The van der Waals surface area contributed by atoms with Crippen LogP contribution in [0.25, 0.3) is 0 Å². The van der Waals surface area contributed by atoms with Gasteiger partial charge in [0, 0.05) is 23.8 Å². The van der Waals surface area contributed by atoms with Crippen LogP contribution in [0, 0.1) is 6.92 Å². The van der Waals surface area contributed by atoms with E-state index in [1.165, 1.54) is 5.56 Å². The fraction of sp³-hybridized carbons (Fsp3) is 0.364. The molecule has 4 heteroatoms. The minimum absolute atomic E-state index is 0.0553. The van der Waals surface area contributed by atoms with Crippen molar-refractivity contribution in [1.29, 1.82) is 0 Å². The first-order chi connectivity index (χ1) is 12.5. The molecule has 2 fully saturated rings. The summed E-state index contributed by atoms with van der Waals surface area (Å²) < 4.78 is 0. The molecule has 26 heavy (non-hydrogen) atoms. The van der Waals surface area contributed by atoms with Crippen LogP contribution in [0.5, 0.6) is 0 Å². The Labute approximate surface area is 154 Å². The normalized spacial score (nSPS) is 20.9. The topological polar surface area (TPSA) is 49.4 Å². The number of nitrogens with zero attached hydrogens (tertiary/aromatic N) is 1. The molecule has 1 aliphatic heterocycles. The first-order valence-corrected chi connectivity index (χ1v) is 9.30. The molecule has 1 saturated carbocycles. The fourth-order valence-electron chi connectivity index (χ4n) is 3.83. The van der Waals surface area contributed by atoms with Gasteiger partial charge >= 0.3 is 0 Å². The lowest BCUT2D eigenvalue weighted by Crippen LogP contribution is -2.30. The monoisotopic (exact) mass is 348 g/mol. The molecule has 1 saturated heterocycles. The highest BCUT2D eigenvalue weighted by Gasteiger charge is 2.51. The van der Waals surface area contributed by atoms with E-state index < -0.39 is 0 Å². The Kier molecular flexibility index (Phi) is 4.06. The van der Waals surface area contributed by atoms with Crippen molar-refractivity contribution in [3.8, 4) is 0 Å². The molecule has 2 aromatic carbocycles. The van der Waals surface area contributed by atoms with Gasteiger partial charge in [0.2, 0.25) is 11.8 Å². The van der Waals surface area contributed by atoms with Gasteiger partial charge in [-0.3, -0.25) is 9.59 Å². The van der Waals surface area contributed by atoms with Crippen molar-refractivity contribution in [3.63, 3.8) is 0 Å². The second-order valence-electron chi connectivity index (χ2n) is 7.60. The van der Waals surface area contributed by atoms with E-state index in [1.807, 2.05) is 29.2 Å². The van der Waals surface area contributed by atoms with Gasteiger partial charge in [-0.15, -0.1) is 0 Å². The summed E-state index contributed by atoms with van der Waals surface area (Å²) in [5.41, 5.74) is 3.58. The van der Waals surface area contributed by atoms with Gasteiger partial charge in [-0.1, -0.05) is 29.8 Å². The van der Waals surface area contributed by atoms with E-state index in [-0.39, 0.29) is 23.3 Å². The lowest BCUT2D eigenvalue weighted by Gasteiger charge is -2.22. The molecule has 1 atom stereocenters. The first-order valence-electron chi connectivity index (χ1n) is 9.30. The summed E-state index contributed by atoms with van der Waals surface area (Å²) in [5, 5.41) is 3.06. The van der Waals surface area contributed by atoms with Crippen LogP contribution < -0.4 is 10.2 Å². The third-order valence-electron chi connectivity index (χ3n) is 5.68. The predicted molar refractivity (Wildman–Crippen MR) is 103 cm³/mol. The summed E-state index contributed by atoms with van der Waals surface area (Å²) in [6.45, 7) is 4.12. The van der Waals surface area contributed by atoms with Crippen molar-refractivity contribution in [2.24, 2.45) is 0 Å². The van der Waals surface area contributed by atoms with Crippen LogP contribution in [0.3, 0.4) is 0 Å². The van der Waals surface area contributed by atoms with Gasteiger partial charge in [0.15, 0.2) is 0 Å². The minimum Gasteiger partial charge on any atom is -0.325 e. The number of carbonyl (C=O) groups excluding carboxylic acids is 2. The van der Waals surface area contributed by atoms with Crippen molar-refractivity contribution in [1.82, 2.24) is 0 Å². The molecule has 134 valence electrons. The maximum absolute atomic E-state index is 12.9. The third kappa shape index (κ3) is 2.90. The molecule has 4 rings (SSSR count). The summed E-state index contributed by atoms with van der Waals surface area (Å²) in [7, 11) is 0. The molecular weight excluding hydrogens is 324 g/mol. The minimum atomic E-state index is -0.383.